The van der Waals surface area contributed by atoms with Crippen molar-refractivity contribution in [3.63, 3.8) is 0 Å². The summed E-state index contributed by atoms with van der Waals surface area (Å²) in [4.78, 5) is 2.32. The van der Waals surface area contributed by atoms with Crippen molar-refractivity contribution in [1.82, 2.24) is 19.7 Å². The normalized spacial score (nSPS) is 23.1. The molecule has 0 amide bonds. The first-order valence-corrected chi connectivity index (χ1v) is 5.17. The molecule has 6 heteroatoms. The van der Waals surface area contributed by atoms with Crippen molar-refractivity contribution in [1.29, 1.82) is 0 Å². The van der Waals surface area contributed by atoms with Crippen LogP contribution in [-0.4, -0.2) is 39.8 Å². The molecule has 1 unspecified atom stereocenters. The summed E-state index contributed by atoms with van der Waals surface area (Å²) in [6.07, 6.45) is 1.21. The van der Waals surface area contributed by atoms with Crippen LogP contribution in [0.5, 0.6) is 0 Å². The van der Waals surface area contributed by atoms with Gasteiger partial charge in [0.25, 0.3) is 0 Å². The summed E-state index contributed by atoms with van der Waals surface area (Å²) in [5.74, 6) is 1.14. The van der Waals surface area contributed by atoms with Crippen molar-refractivity contribution in [2.45, 2.75) is 13.0 Å². The highest BCUT2D eigenvalue weighted by molar-refractivity contribution is 7.71. The molecule has 1 saturated heterocycles. The second-order valence-corrected chi connectivity index (χ2v) is 4.30. The lowest BCUT2D eigenvalue weighted by molar-refractivity contribution is 0.378. The van der Waals surface area contributed by atoms with Crippen LogP contribution >= 0.6 is 12.2 Å². The molecule has 3 N–H and O–H groups in total. The predicted molar refractivity (Wildman–Crippen MR) is 57.4 cm³/mol. The summed E-state index contributed by atoms with van der Waals surface area (Å²) < 4.78 is 2.50. The quantitative estimate of drug-likeness (QED) is 0.701. The monoisotopic (exact) mass is 213 g/mol. The molecule has 1 atom stereocenters. The van der Waals surface area contributed by atoms with E-state index in [2.05, 4.69) is 22.1 Å². The zero-order valence-corrected chi connectivity index (χ0v) is 9.05. The van der Waals surface area contributed by atoms with E-state index in [1.807, 2.05) is 4.57 Å². The number of nitrogens with one attached hydrogen (secondary N) is 1. The molecule has 0 aromatic carbocycles. The molecule has 0 saturated carbocycles. The summed E-state index contributed by atoms with van der Waals surface area (Å²) in [7, 11) is 2.14. The van der Waals surface area contributed by atoms with E-state index in [9.17, 15) is 0 Å². The standard InChI is InChI=1S/C8H15N5S/c1-12-3-2-6(4-12)5-13-7(9)10-11-8(13)14/h6H,2-5H2,1H3,(H2,9,10)(H,11,14). The molecule has 0 spiro atoms. The van der Waals surface area contributed by atoms with Crippen molar-refractivity contribution in [3.05, 3.63) is 4.77 Å². The zero-order chi connectivity index (χ0) is 10.1. The number of aromatic amines is 1. The van der Waals surface area contributed by atoms with Crippen LogP contribution in [0.3, 0.4) is 0 Å². The third-order valence-electron chi connectivity index (χ3n) is 2.72. The highest BCUT2D eigenvalue weighted by atomic mass is 32.1. The molecule has 2 rings (SSSR count). The van der Waals surface area contributed by atoms with Crippen LogP contribution < -0.4 is 5.73 Å². The van der Waals surface area contributed by atoms with Gasteiger partial charge in [-0.25, -0.2) is 5.10 Å². The maximum atomic E-state index is 5.69. The van der Waals surface area contributed by atoms with Gasteiger partial charge < -0.3 is 10.6 Å². The van der Waals surface area contributed by atoms with E-state index in [1.54, 1.807) is 0 Å². The molecule has 1 aliphatic rings. The Bertz CT molecular complexity index is 368. The van der Waals surface area contributed by atoms with Crippen LogP contribution in [-0.2, 0) is 6.54 Å². The number of H-pyrrole nitrogens is 1. The maximum Gasteiger partial charge on any atom is 0.220 e. The van der Waals surface area contributed by atoms with Gasteiger partial charge in [0, 0.05) is 13.1 Å². The number of rotatable bonds is 2. The number of hydrogen-bond donors (Lipinski definition) is 2. The number of anilines is 1. The molecule has 0 aliphatic carbocycles. The summed E-state index contributed by atoms with van der Waals surface area (Å²) in [5, 5.41) is 6.59. The Morgan fingerprint density at radius 1 is 1.71 bits per heavy atom. The zero-order valence-electron chi connectivity index (χ0n) is 8.23. The van der Waals surface area contributed by atoms with E-state index >= 15 is 0 Å². The minimum Gasteiger partial charge on any atom is -0.368 e. The van der Waals surface area contributed by atoms with Gasteiger partial charge in [0.2, 0.25) is 5.95 Å². The lowest BCUT2D eigenvalue weighted by Gasteiger charge is -2.11. The molecular formula is C8H15N5S. The van der Waals surface area contributed by atoms with Crippen molar-refractivity contribution < 1.29 is 0 Å². The van der Waals surface area contributed by atoms with Crippen molar-refractivity contribution in [2.24, 2.45) is 5.92 Å². The summed E-state index contributed by atoms with van der Waals surface area (Å²) in [5.41, 5.74) is 5.69. The number of nitrogens with two attached hydrogens (primary N) is 1. The molecule has 1 aromatic heterocycles. The smallest absolute Gasteiger partial charge is 0.220 e. The SMILES string of the molecule is CN1CCC(Cn2c(N)n[nH]c2=S)C1. The molecule has 78 valence electrons. The number of aromatic nitrogens is 3. The predicted octanol–water partition coefficient (Wildman–Crippen LogP) is 0.475. The van der Waals surface area contributed by atoms with Crippen LogP contribution in [0.2, 0.25) is 0 Å². The van der Waals surface area contributed by atoms with Gasteiger partial charge in [-0.15, -0.1) is 5.10 Å². The molecule has 1 aromatic rings. The molecule has 0 bridgehead atoms. The molecule has 5 nitrogen and oxygen atoms in total. The lowest BCUT2D eigenvalue weighted by atomic mass is 10.1. The summed E-state index contributed by atoms with van der Waals surface area (Å²) in [6, 6.07) is 0. The van der Waals surface area contributed by atoms with Crippen LogP contribution in [0.25, 0.3) is 0 Å². The fourth-order valence-electron chi connectivity index (χ4n) is 1.94. The van der Waals surface area contributed by atoms with E-state index in [1.165, 1.54) is 6.42 Å². The Balaban J connectivity index is 2.07. The third-order valence-corrected chi connectivity index (χ3v) is 3.03. The minimum absolute atomic E-state index is 0.490. The fraction of sp³-hybridized carbons (Fsp3) is 0.750. The average Bonchev–Trinajstić information content (AvgIpc) is 2.67. The van der Waals surface area contributed by atoms with E-state index < -0.39 is 0 Å². The van der Waals surface area contributed by atoms with E-state index in [-0.39, 0.29) is 0 Å². The van der Waals surface area contributed by atoms with Gasteiger partial charge in [-0.2, -0.15) is 0 Å². The van der Waals surface area contributed by atoms with Crippen molar-refractivity contribution in [3.8, 4) is 0 Å². The minimum atomic E-state index is 0.490. The second kappa shape index (κ2) is 3.70. The molecule has 2 heterocycles. The topological polar surface area (TPSA) is 62.9 Å². The Hall–Kier alpha value is -0.880. The Morgan fingerprint density at radius 2 is 2.50 bits per heavy atom. The van der Waals surface area contributed by atoms with Gasteiger partial charge in [-0.1, -0.05) is 0 Å². The van der Waals surface area contributed by atoms with Gasteiger partial charge in [-0.05, 0) is 38.1 Å². The Labute approximate surface area is 87.9 Å². The summed E-state index contributed by atoms with van der Waals surface area (Å²) >= 11 is 5.09. The van der Waals surface area contributed by atoms with Gasteiger partial charge >= 0.3 is 0 Å². The van der Waals surface area contributed by atoms with Gasteiger partial charge in [0.1, 0.15) is 0 Å². The van der Waals surface area contributed by atoms with Crippen molar-refractivity contribution >= 4 is 18.2 Å². The highest BCUT2D eigenvalue weighted by Gasteiger charge is 2.20. The average molecular weight is 213 g/mol. The molecule has 0 radical (unpaired) electrons. The van der Waals surface area contributed by atoms with Crippen LogP contribution in [0.15, 0.2) is 0 Å². The van der Waals surface area contributed by atoms with Crippen molar-refractivity contribution in [2.75, 3.05) is 25.9 Å². The Kier molecular flexibility index (Phi) is 2.56. The number of nitrogens with zero attached hydrogens (tertiary/aromatic N) is 3. The number of hydrogen-bond acceptors (Lipinski definition) is 4. The molecule has 14 heavy (non-hydrogen) atoms. The van der Waals surface area contributed by atoms with Gasteiger partial charge in [0.05, 0.1) is 0 Å². The molecule has 1 aliphatic heterocycles. The Morgan fingerprint density at radius 3 is 3.00 bits per heavy atom. The summed E-state index contributed by atoms with van der Waals surface area (Å²) in [6.45, 7) is 3.16. The maximum absolute atomic E-state index is 5.69. The second-order valence-electron chi connectivity index (χ2n) is 3.91. The highest BCUT2D eigenvalue weighted by Crippen LogP contribution is 2.17. The van der Waals surface area contributed by atoms with Crippen LogP contribution in [0.1, 0.15) is 6.42 Å². The number of nitrogen functional groups attached to an aromatic ring is 1. The van der Waals surface area contributed by atoms with E-state index in [4.69, 9.17) is 18.0 Å². The van der Waals surface area contributed by atoms with E-state index in [0.717, 1.165) is 19.6 Å². The fourth-order valence-corrected chi connectivity index (χ4v) is 2.15. The van der Waals surface area contributed by atoms with Gasteiger partial charge in [0.15, 0.2) is 4.77 Å². The first-order chi connectivity index (χ1) is 6.66. The molecular weight excluding hydrogens is 198 g/mol. The van der Waals surface area contributed by atoms with E-state index in [0.29, 0.717) is 16.6 Å². The first kappa shape index (κ1) is 9.67. The largest absolute Gasteiger partial charge is 0.368 e. The third kappa shape index (κ3) is 1.80. The van der Waals surface area contributed by atoms with Crippen LogP contribution in [0.4, 0.5) is 5.95 Å². The lowest BCUT2D eigenvalue weighted by Crippen LogP contribution is -2.18. The molecule has 1 fully saturated rings. The van der Waals surface area contributed by atoms with Crippen LogP contribution in [0, 0.1) is 10.7 Å². The number of likely N-dealkylation sites (tertiary alicyclic amines) is 1. The van der Waals surface area contributed by atoms with Gasteiger partial charge in [-0.3, -0.25) is 4.57 Å². The first-order valence-electron chi connectivity index (χ1n) is 4.76.